The van der Waals surface area contributed by atoms with Crippen LogP contribution >= 0.6 is 0 Å². The minimum Gasteiger partial charge on any atom is -0.345 e. The molecule has 134 valence electrons. The van der Waals surface area contributed by atoms with E-state index >= 15 is 0 Å². The molecule has 26 heavy (non-hydrogen) atoms. The Labute approximate surface area is 145 Å². The topological polar surface area (TPSA) is 74.8 Å². The van der Waals surface area contributed by atoms with Gasteiger partial charge in [0, 0.05) is 6.54 Å². The van der Waals surface area contributed by atoms with Crippen molar-refractivity contribution in [3.8, 4) is 0 Å². The van der Waals surface area contributed by atoms with Gasteiger partial charge in [-0.15, -0.1) is 10.2 Å². The molecule has 0 aliphatic carbocycles. The number of rotatable bonds is 2. The van der Waals surface area contributed by atoms with Crippen LogP contribution in [-0.4, -0.2) is 26.7 Å². The molecule has 1 unspecified atom stereocenters. The van der Waals surface area contributed by atoms with Crippen molar-refractivity contribution in [2.24, 2.45) is 0 Å². The monoisotopic (exact) mass is 361 g/mol. The van der Waals surface area contributed by atoms with Gasteiger partial charge in [0.2, 0.25) is 0 Å². The first-order valence-electron chi connectivity index (χ1n) is 8.10. The number of alkyl halides is 3. The first kappa shape index (κ1) is 16.5. The number of nitrogens with zero attached hydrogens (tertiary/aromatic N) is 4. The first-order chi connectivity index (χ1) is 12.4. The molecule has 0 amide bonds. The fraction of sp³-hybridized carbons (Fsp3) is 0.294. The van der Waals surface area contributed by atoms with E-state index in [9.17, 15) is 18.0 Å². The molecule has 0 radical (unpaired) electrons. The lowest BCUT2D eigenvalue weighted by Crippen LogP contribution is -2.27. The van der Waals surface area contributed by atoms with Gasteiger partial charge in [-0.2, -0.15) is 13.2 Å². The van der Waals surface area contributed by atoms with Crippen LogP contribution in [0.15, 0.2) is 41.2 Å². The maximum absolute atomic E-state index is 12.7. The number of anilines is 1. The summed E-state index contributed by atoms with van der Waals surface area (Å²) in [6, 6.07) is 8.95. The summed E-state index contributed by atoms with van der Waals surface area (Å²) < 4.78 is 38.0. The lowest BCUT2D eigenvalue weighted by molar-refractivity contribution is -0.141. The van der Waals surface area contributed by atoms with Crippen LogP contribution in [-0.2, 0) is 6.18 Å². The molecular weight excluding hydrogens is 347 g/mol. The number of hydrogen-bond donors (Lipinski definition) is 1. The molecule has 9 heteroatoms. The number of hydrogen-bond acceptors (Lipinski definition) is 5. The van der Waals surface area contributed by atoms with E-state index in [4.69, 9.17) is 0 Å². The van der Waals surface area contributed by atoms with Crippen LogP contribution < -0.4 is 10.5 Å². The van der Waals surface area contributed by atoms with Crippen LogP contribution in [0.1, 0.15) is 30.4 Å². The number of H-pyrrole nitrogens is 1. The molecule has 1 aliphatic rings. The van der Waals surface area contributed by atoms with E-state index in [-0.39, 0.29) is 11.6 Å². The molecule has 1 aliphatic heterocycles. The predicted octanol–water partition coefficient (Wildman–Crippen LogP) is 3.07. The zero-order chi connectivity index (χ0) is 18.3. The summed E-state index contributed by atoms with van der Waals surface area (Å²) in [5, 5.41) is 7.50. The maximum Gasteiger partial charge on any atom is 0.435 e. The summed E-state index contributed by atoms with van der Waals surface area (Å²) in [5.74, 6) is 0.809. The lowest BCUT2D eigenvalue weighted by atomic mass is 10.2. The highest BCUT2D eigenvalue weighted by Crippen LogP contribution is 2.34. The third-order valence-corrected chi connectivity index (χ3v) is 4.43. The van der Waals surface area contributed by atoms with E-state index in [2.05, 4.69) is 20.2 Å². The molecule has 1 atom stereocenters. The molecule has 3 aromatic rings. The second kappa shape index (κ2) is 6.08. The summed E-state index contributed by atoms with van der Waals surface area (Å²) in [6.45, 7) is 0.598. The van der Waals surface area contributed by atoms with Gasteiger partial charge in [0.25, 0.3) is 5.56 Å². The Morgan fingerprint density at radius 1 is 1.12 bits per heavy atom. The highest BCUT2D eigenvalue weighted by Gasteiger charge is 2.34. The van der Waals surface area contributed by atoms with E-state index in [1.165, 1.54) is 6.07 Å². The van der Waals surface area contributed by atoms with Gasteiger partial charge >= 0.3 is 6.18 Å². The third-order valence-electron chi connectivity index (χ3n) is 4.43. The Balaban J connectivity index is 1.70. The van der Waals surface area contributed by atoms with Gasteiger partial charge in [-0.3, -0.25) is 4.79 Å². The summed E-state index contributed by atoms with van der Waals surface area (Å²) in [4.78, 5) is 21.4. The largest absolute Gasteiger partial charge is 0.435 e. The number of aromatic nitrogens is 4. The number of aromatic amines is 1. The van der Waals surface area contributed by atoms with Crippen molar-refractivity contribution in [3.63, 3.8) is 0 Å². The Bertz CT molecular complexity index is 1000. The number of nitrogens with one attached hydrogen (secondary N) is 1. The molecule has 1 aromatic carbocycles. The van der Waals surface area contributed by atoms with Crippen LogP contribution in [0.4, 0.5) is 19.0 Å². The van der Waals surface area contributed by atoms with Crippen molar-refractivity contribution in [3.05, 3.63) is 58.3 Å². The fourth-order valence-electron chi connectivity index (χ4n) is 3.22. The van der Waals surface area contributed by atoms with Gasteiger partial charge in [0.05, 0.1) is 16.9 Å². The Hall–Kier alpha value is -2.97. The third kappa shape index (κ3) is 2.89. The Morgan fingerprint density at radius 3 is 2.65 bits per heavy atom. The summed E-state index contributed by atoms with van der Waals surface area (Å²) in [6.07, 6.45) is -3.00. The van der Waals surface area contributed by atoms with Gasteiger partial charge in [0.15, 0.2) is 11.5 Å². The van der Waals surface area contributed by atoms with Crippen LogP contribution in [0, 0.1) is 0 Å². The highest BCUT2D eigenvalue weighted by atomic mass is 19.4. The number of halogens is 3. The van der Waals surface area contributed by atoms with Crippen molar-refractivity contribution in [2.45, 2.75) is 25.1 Å². The average Bonchev–Trinajstić information content (AvgIpc) is 3.11. The van der Waals surface area contributed by atoms with Crippen molar-refractivity contribution in [2.75, 3.05) is 11.4 Å². The normalized spacial score (nSPS) is 17.8. The molecule has 2 aromatic heterocycles. The lowest BCUT2D eigenvalue weighted by Gasteiger charge is -2.24. The Morgan fingerprint density at radius 2 is 1.92 bits per heavy atom. The smallest absolute Gasteiger partial charge is 0.345 e. The highest BCUT2D eigenvalue weighted by molar-refractivity contribution is 5.77. The quantitative estimate of drug-likeness (QED) is 0.759. The number of fused-ring (bicyclic) bond motifs is 1. The first-order valence-corrected chi connectivity index (χ1v) is 8.10. The molecule has 4 rings (SSSR count). The van der Waals surface area contributed by atoms with E-state index < -0.39 is 11.9 Å². The summed E-state index contributed by atoms with van der Waals surface area (Å²) in [7, 11) is 0. The van der Waals surface area contributed by atoms with E-state index in [0.29, 0.717) is 35.5 Å². The van der Waals surface area contributed by atoms with Crippen molar-refractivity contribution in [1.29, 1.82) is 0 Å². The maximum atomic E-state index is 12.7. The van der Waals surface area contributed by atoms with Gasteiger partial charge in [0.1, 0.15) is 5.82 Å². The standard InChI is InChI=1S/C17H14F3N5O/c18-17(19,20)13-7-8-14(24-23-13)25-9-3-6-12(25)15-21-11-5-2-1-4-10(11)16(26)22-15/h1-2,4-5,7-8,12H,3,6,9H2,(H,21,22,26). The van der Waals surface area contributed by atoms with Gasteiger partial charge < -0.3 is 9.88 Å². The van der Waals surface area contributed by atoms with E-state index in [0.717, 1.165) is 12.5 Å². The molecule has 0 bridgehead atoms. The van der Waals surface area contributed by atoms with E-state index in [1.54, 1.807) is 24.3 Å². The van der Waals surface area contributed by atoms with Gasteiger partial charge in [-0.25, -0.2) is 4.98 Å². The van der Waals surface area contributed by atoms with Crippen molar-refractivity contribution in [1.82, 2.24) is 20.2 Å². The van der Waals surface area contributed by atoms with Crippen LogP contribution in [0.3, 0.4) is 0 Å². The minimum atomic E-state index is -4.53. The minimum absolute atomic E-state index is 0.240. The second-order valence-corrected chi connectivity index (χ2v) is 6.09. The molecule has 0 saturated carbocycles. The van der Waals surface area contributed by atoms with Crippen LogP contribution in [0.25, 0.3) is 10.9 Å². The van der Waals surface area contributed by atoms with E-state index in [1.807, 2.05) is 4.90 Å². The second-order valence-electron chi connectivity index (χ2n) is 6.09. The van der Waals surface area contributed by atoms with Gasteiger partial charge in [-0.05, 0) is 37.1 Å². The zero-order valence-electron chi connectivity index (χ0n) is 13.5. The molecule has 3 heterocycles. The molecule has 1 N–H and O–H groups in total. The molecular formula is C17H14F3N5O. The molecule has 1 saturated heterocycles. The van der Waals surface area contributed by atoms with Crippen LogP contribution in [0.2, 0.25) is 0 Å². The zero-order valence-corrected chi connectivity index (χ0v) is 13.5. The SMILES string of the molecule is O=c1[nH]c(C2CCCN2c2ccc(C(F)(F)F)nn2)nc2ccccc12. The molecule has 1 fully saturated rings. The Kier molecular flexibility index (Phi) is 3.86. The summed E-state index contributed by atoms with van der Waals surface area (Å²) in [5.41, 5.74) is -0.693. The fourth-order valence-corrected chi connectivity index (χ4v) is 3.22. The van der Waals surface area contributed by atoms with Gasteiger partial charge in [-0.1, -0.05) is 12.1 Å². The molecule has 6 nitrogen and oxygen atoms in total. The van der Waals surface area contributed by atoms with Crippen molar-refractivity contribution >= 4 is 16.7 Å². The number of benzene rings is 1. The summed E-state index contributed by atoms with van der Waals surface area (Å²) >= 11 is 0. The molecule has 0 spiro atoms. The average molecular weight is 361 g/mol. The predicted molar refractivity (Wildman–Crippen MR) is 88.7 cm³/mol. The van der Waals surface area contributed by atoms with Crippen molar-refractivity contribution < 1.29 is 13.2 Å². The van der Waals surface area contributed by atoms with Crippen LogP contribution in [0.5, 0.6) is 0 Å². The number of para-hydroxylation sites is 1.